The SMILES string of the molecule is O=C(O)c1cccc(OCCNCC2CCCCO2)c1. The number of aromatic carboxylic acids is 1. The van der Waals surface area contributed by atoms with E-state index in [0.29, 0.717) is 18.5 Å². The Morgan fingerprint density at radius 3 is 3.10 bits per heavy atom. The molecule has 0 bridgehead atoms. The van der Waals surface area contributed by atoms with Crippen molar-refractivity contribution in [1.82, 2.24) is 5.32 Å². The van der Waals surface area contributed by atoms with Gasteiger partial charge in [0.05, 0.1) is 11.7 Å². The molecule has 1 aliphatic heterocycles. The largest absolute Gasteiger partial charge is 0.492 e. The van der Waals surface area contributed by atoms with Crippen LogP contribution in [0.15, 0.2) is 24.3 Å². The lowest BCUT2D eigenvalue weighted by atomic mass is 10.1. The second kappa shape index (κ2) is 7.87. The lowest BCUT2D eigenvalue weighted by molar-refractivity contribution is 0.0167. The van der Waals surface area contributed by atoms with Crippen molar-refractivity contribution in [3.63, 3.8) is 0 Å². The third-order valence-electron chi connectivity index (χ3n) is 3.27. The maximum Gasteiger partial charge on any atom is 0.335 e. The second-order valence-corrected chi connectivity index (χ2v) is 4.87. The first-order chi connectivity index (χ1) is 9.75. The molecular formula is C15H21NO4. The first kappa shape index (κ1) is 14.8. The molecule has 1 fully saturated rings. The summed E-state index contributed by atoms with van der Waals surface area (Å²) in [6, 6.07) is 6.53. The van der Waals surface area contributed by atoms with E-state index in [4.69, 9.17) is 14.6 Å². The number of carboxylic acids is 1. The molecule has 0 saturated carbocycles. The van der Waals surface area contributed by atoms with Crippen molar-refractivity contribution in [2.45, 2.75) is 25.4 Å². The van der Waals surface area contributed by atoms with Crippen LogP contribution in [-0.2, 0) is 4.74 Å². The van der Waals surface area contributed by atoms with Gasteiger partial charge in [-0.1, -0.05) is 6.07 Å². The Bertz CT molecular complexity index is 430. The van der Waals surface area contributed by atoms with E-state index in [9.17, 15) is 4.79 Å². The summed E-state index contributed by atoms with van der Waals surface area (Å²) in [5.41, 5.74) is 0.242. The van der Waals surface area contributed by atoms with Gasteiger partial charge in [0.1, 0.15) is 12.4 Å². The molecule has 20 heavy (non-hydrogen) atoms. The smallest absolute Gasteiger partial charge is 0.335 e. The molecule has 0 aromatic heterocycles. The van der Waals surface area contributed by atoms with Crippen LogP contribution >= 0.6 is 0 Å². The Balaban J connectivity index is 1.63. The average molecular weight is 279 g/mol. The summed E-state index contributed by atoms with van der Waals surface area (Å²) >= 11 is 0. The zero-order valence-electron chi connectivity index (χ0n) is 11.5. The third-order valence-corrected chi connectivity index (χ3v) is 3.27. The van der Waals surface area contributed by atoms with E-state index >= 15 is 0 Å². The molecule has 1 aromatic carbocycles. The molecule has 110 valence electrons. The molecule has 1 unspecified atom stereocenters. The minimum absolute atomic E-state index is 0.242. The maximum absolute atomic E-state index is 10.8. The minimum Gasteiger partial charge on any atom is -0.492 e. The van der Waals surface area contributed by atoms with E-state index in [1.807, 2.05) is 0 Å². The van der Waals surface area contributed by atoms with Gasteiger partial charge in [0.2, 0.25) is 0 Å². The van der Waals surface area contributed by atoms with Crippen molar-refractivity contribution in [3.8, 4) is 5.75 Å². The lowest BCUT2D eigenvalue weighted by Gasteiger charge is -2.22. The van der Waals surface area contributed by atoms with Crippen molar-refractivity contribution in [3.05, 3.63) is 29.8 Å². The highest BCUT2D eigenvalue weighted by Crippen LogP contribution is 2.13. The molecule has 1 heterocycles. The van der Waals surface area contributed by atoms with E-state index < -0.39 is 5.97 Å². The zero-order chi connectivity index (χ0) is 14.2. The maximum atomic E-state index is 10.8. The monoisotopic (exact) mass is 279 g/mol. The van der Waals surface area contributed by atoms with Gasteiger partial charge in [0.25, 0.3) is 0 Å². The predicted molar refractivity (Wildman–Crippen MR) is 75.4 cm³/mol. The van der Waals surface area contributed by atoms with E-state index in [1.54, 1.807) is 18.2 Å². The van der Waals surface area contributed by atoms with Crippen molar-refractivity contribution < 1.29 is 19.4 Å². The van der Waals surface area contributed by atoms with Crippen LogP contribution in [0.1, 0.15) is 29.6 Å². The molecule has 1 atom stereocenters. The van der Waals surface area contributed by atoms with Gasteiger partial charge in [0, 0.05) is 19.7 Å². The minimum atomic E-state index is -0.942. The van der Waals surface area contributed by atoms with Gasteiger partial charge in [0.15, 0.2) is 0 Å². The van der Waals surface area contributed by atoms with Crippen LogP contribution in [-0.4, -0.2) is 43.5 Å². The van der Waals surface area contributed by atoms with Gasteiger partial charge in [-0.3, -0.25) is 0 Å². The molecule has 2 N–H and O–H groups in total. The fourth-order valence-electron chi connectivity index (χ4n) is 2.19. The van der Waals surface area contributed by atoms with Crippen LogP contribution in [0, 0.1) is 0 Å². The summed E-state index contributed by atoms with van der Waals surface area (Å²) in [5.74, 6) is -0.358. The normalized spacial score (nSPS) is 18.7. The van der Waals surface area contributed by atoms with E-state index in [-0.39, 0.29) is 5.56 Å². The van der Waals surface area contributed by atoms with Crippen molar-refractivity contribution >= 4 is 5.97 Å². The summed E-state index contributed by atoms with van der Waals surface area (Å²) in [5, 5.41) is 12.2. The fraction of sp³-hybridized carbons (Fsp3) is 0.533. The second-order valence-electron chi connectivity index (χ2n) is 4.87. The lowest BCUT2D eigenvalue weighted by Crippen LogP contribution is -2.33. The Hall–Kier alpha value is -1.59. The number of benzene rings is 1. The van der Waals surface area contributed by atoms with Crippen LogP contribution in [0.25, 0.3) is 0 Å². The molecule has 2 rings (SSSR count). The molecule has 0 aliphatic carbocycles. The number of ether oxygens (including phenoxy) is 2. The number of carboxylic acid groups (broad SMARTS) is 1. The Kier molecular flexibility index (Phi) is 5.83. The molecule has 0 radical (unpaired) electrons. The molecule has 1 aromatic rings. The molecule has 5 heteroatoms. The van der Waals surface area contributed by atoms with Gasteiger partial charge in [-0.2, -0.15) is 0 Å². The summed E-state index contributed by atoms with van der Waals surface area (Å²) in [6.45, 7) is 2.94. The van der Waals surface area contributed by atoms with Crippen LogP contribution in [0.3, 0.4) is 0 Å². The van der Waals surface area contributed by atoms with Crippen LogP contribution < -0.4 is 10.1 Å². The number of nitrogens with one attached hydrogen (secondary N) is 1. The van der Waals surface area contributed by atoms with Crippen LogP contribution in [0.4, 0.5) is 0 Å². The molecule has 1 saturated heterocycles. The number of hydrogen-bond acceptors (Lipinski definition) is 4. The Morgan fingerprint density at radius 1 is 1.45 bits per heavy atom. The number of hydrogen-bond donors (Lipinski definition) is 2. The molecule has 0 spiro atoms. The fourth-order valence-corrected chi connectivity index (χ4v) is 2.19. The molecule has 1 aliphatic rings. The Labute approximate surface area is 118 Å². The van der Waals surface area contributed by atoms with Gasteiger partial charge in [-0.05, 0) is 37.5 Å². The van der Waals surface area contributed by atoms with Crippen LogP contribution in [0.2, 0.25) is 0 Å². The number of rotatable bonds is 7. The third kappa shape index (κ3) is 4.83. The highest BCUT2D eigenvalue weighted by atomic mass is 16.5. The van der Waals surface area contributed by atoms with Gasteiger partial charge in [-0.25, -0.2) is 4.79 Å². The number of carbonyl (C=O) groups is 1. The average Bonchev–Trinajstić information content (AvgIpc) is 2.48. The van der Waals surface area contributed by atoms with Crippen molar-refractivity contribution in [2.24, 2.45) is 0 Å². The quantitative estimate of drug-likeness (QED) is 0.746. The first-order valence-electron chi connectivity index (χ1n) is 7.04. The van der Waals surface area contributed by atoms with Gasteiger partial charge < -0.3 is 19.9 Å². The van der Waals surface area contributed by atoms with Crippen LogP contribution in [0.5, 0.6) is 5.75 Å². The summed E-state index contributed by atoms with van der Waals surface area (Å²) in [4.78, 5) is 10.8. The van der Waals surface area contributed by atoms with Crippen molar-refractivity contribution in [2.75, 3.05) is 26.3 Å². The van der Waals surface area contributed by atoms with Crippen molar-refractivity contribution in [1.29, 1.82) is 0 Å². The van der Waals surface area contributed by atoms with E-state index in [0.717, 1.165) is 26.1 Å². The Morgan fingerprint density at radius 2 is 2.35 bits per heavy atom. The predicted octanol–water partition coefficient (Wildman–Crippen LogP) is 1.92. The van der Waals surface area contributed by atoms with Gasteiger partial charge in [-0.15, -0.1) is 0 Å². The summed E-state index contributed by atoms with van der Waals surface area (Å²) < 4.78 is 11.1. The highest BCUT2D eigenvalue weighted by Gasteiger charge is 2.12. The van der Waals surface area contributed by atoms with E-state index in [1.165, 1.54) is 18.9 Å². The van der Waals surface area contributed by atoms with Gasteiger partial charge >= 0.3 is 5.97 Å². The highest BCUT2D eigenvalue weighted by molar-refractivity contribution is 5.87. The molecule has 5 nitrogen and oxygen atoms in total. The molecular weight excluding hydrogens is 258 g/mol. The topological polar surface area (TPSA) is 67.8 Å². The zero-order valence-corrected chi connectivity index (χ0v) is 11.5. The standard InChI is InChI=1S/C15H21NO4/c17-15(18)12-4-3-6-13(10-12)20-9-7-16-11-14-5-1-2-8-19-14/h3-4,6,10,14,16H,1-2,5,7-9,11H2,(H,17,18). The molecule has 0 amide bonds. The first-order valence-corrected chi connectivity index (χ1v) is 7.04. The van der Waals surface area contributed by atoms with E-state index in [2.05, 4.69) is 5.32 Å². The summed E-state index contributed by atoms with van der Waals surface area (Å²) in [7, 11) is 0. The summed E-state index contributed by atoms with van der Waals surface area (Å²) in [6.07, 6.45) is 3.85.